The van der Waals surface area contributed by atoms with E-state index in [-0.39, 0.29) is 48.8 Å². The molecule has 0 unspecified atom stereocenters. The van der Waals surface area contributed by atoms with Crippen molar-refractivity contribution < 1.29 is 41.7 Å². The predicted octanol–water partition coefficient (Wildman–Crippen LogP) is 4.80. The Morgan fingerprint density at radius 2 is 1.36 bits per heavy atom. The van der Waals surface area contributed by atoms with E-state index in [0.717, 1.165) is 42.6 Å². The van der Waals surface area contributed by atoms with Crippen molar-refractivity contribution in [3.05, 3.63) is 98.1 Å². The highest BCUT2D eigenvalue weighted by atomic mass is 127. The fourth-order valence-electron chi connectivity index (χ4n) is 7.81. The Morgan fingerprint density at radius 3 is 2.06 bits per heavy atom. The number of morpholine rings is 1. The van der Waals surface area contributed by atoms with Crippen LogP contribution in [0.1, 0.15) is 33.7 Å². The summed E-state index contributed by atoms with van der Waals surface area (Å²) in [5, 5.41) is 0. The number of fused-ring (bicyclic) bond motifs is 1. The van der Waals surface area contributed by atoms with Crippen molar-refractivity contribution in [2.24, 2.45) is 0 Å². The van der Waals surface area contributed by atoms with E-state index < -0.39 is 23.2 Å². The summed E-state index contributed by atoms with van der Waals surface area (Å²) in [6.07, 6.45) is 0.0389. The number of ketones is 1. The topological polar surface area (TPSA) is 144 Å². The minimum absolute atomic E-state index is 0.0461. The molecule has 67 heavy (non-hydrogen) atoms. The number of carbonyl (C=O) groups is 2. The van der Waals surface area contributed by atoms with Crippen molar-refractivity contribution in [3.63, 3.8) is 0 Å². The lowest BCUT2D eigenvalue weighted by Gasteiger charge is -2.35. The van der Waals surface area contributed by atoms with E-state index >= 15 is 0 Å². The molecular formula is C47H58F3IN10O6. The van der Waals surface area contributed by atoms with Crippen LogP contribution in [-0.2, 0) is 30.2 Å². The summed E-state index contributed by atoms with van der Waals surface area (Å²) in [5.41, 5.74) is 1.70. The van der Waals surface area contributed by atoms with Crippen LogP contribution < -0.4 is 9.80 Å². The minimum Gasteiger partial charge on any atom is -0.380 e. The number of carbonyl (C=O) groups excluding carboxylic acids is 2. The zero-order valence-electron chi connectivity index (χ0n) is 38.3. The number of hydrogen-bond donors (Lipinski definition) is 0. The second-order valence-corrected chi connectivity index (χ2v) is 17.8. The van der Waals surface area contributed by atoms with E-state index in [0.29, 0.717) is 107 Å². The van der Waals surface area contributed by atoms with Gasteiger partial charge in [0.15, 0.2) is 17.4 Å². The standard InChI is InChI=1S/C47H58F3IN10O6/c1-33-52-40-6-4-5-7-41(40)61(33)47-54-45(53-46(55-47)60-21-26-65-27-22-60)59-17-15-58(16-18-59)43(63)12-23-64-24-19-56(2)13-14-57(3)20-25-66-28-29-67-32-42(62)36-10-11-38(48)44(50)37(36)30-34-8-9-35(51)31-39(34)49/h4-11,31H,12-30,32H2,1-3H3. The largest absolute Gasteiger partial charge is 0.380 e. The highest BCUT2D eigenvalue weighted by Gasteiger charge is 2.26. The van der Waals surface area contributed by atoms with Crippen molar-refractivity contribution >= 4 is 57.2 Å². The maximum absolute atomic E-state index is 14.8. The van der Waals surface area contributed by atoms with Gasteiger partial charge in [0.25, 0.3) is 0 Å². The second-order valence-electron chi connectivity index (χ2n) is 16.5. The van der Waals surface area contributed by atoms with Gasteiger partial charge in [-0.15, -0.1) is 0 Å². The summed E-state index contributed by atoms with van der Waals surface area (Å²) in [7, 11) is 4.03. The molecule has 2 aliphatic rings. The number of aryl methyl sites for hydroxylation is 1. The van der Waals surface area contributed by atoms with Crippen molar-refractivity contribution in [2.75, 3.05) is 142 Å². The van der Waals surface area contributed by atoms with Crippen LogP contribution in [0.5, 0.6) is 0 Å². The molecule has 7 rings (SSSR count). The number of rotatable bonds is 23. The molecule has 0 saturated carbocycles. The molecule has 16 nitrogen and oxygen atoms in total. The maximum Gasteiger partial charge on any atom is 0.242 e. The molecule has 2 saturated heterocycles. The number of halogens is 4. The van der Waals surface area contributed by atoms with Gasteiger partial charge in [0.1, 0.15) is 18.2 Å². The molecule has 3 aromatic carbocycles. The Kier molecular flexibility index (Phi) is 18.3. The van der Waals surface area contributed by atoms with Gasteiger partial charge in [0, 0.05) is 86.6 Å². The third kappa shape index (κ3) is 13.7. The molecule has 2 aliphatic heterocycles. The van der Waals surface area contributed by atoms with Crippen LogP contribution in [-0.4, -0.2) is 183 Å². The number of para-hydroxylation sites is 2. The van der Waals surface area contributed by atoms with Crippen molar-refractivity contribution in [3.8, 4) is 5.95 Å². The van der Waals surface area contributed by atoms with Gasteiger partial charge in [-0.25, -0.2) is 18.2 Å². The third-order valence-electron chi connectivity index (χ3n) is 11.8. The van der Waals surface area contributed by atoms with E-state index in [1.54, 1.807) is 6.07 Å². The fourth-order valence-corrected chi connectivity index (χ4v) is 8.27. The smallest absolute Gasteiger partial charge is 0.242 e. The quantitative estimate of drug-likeness (QED) is 0.0502. The molecule has 0 atom stereocenters. The monoisotopic (exact) mass is 1040 g/mol. The lowest BCUT2D eigenvalue weighted by molar-refractivity contribution is -0.132. The van der Waals surface area contributed by atoms with E-state index in [9.17, 15) is 22.8 Å². The maximum atomic E-state index is 14.8. The molecule has 4 heterocycles. The van der Waals surface area contributed by atoms with Gasteiger partial charge >= 0.3 is 0 Å². The molecule has 0 aliphatic carbocycles. The van der Waals surface area contributed by atoms with Gasteiger partial charge in [-0.05, 0) is 85.6 Å². The molecule has 0 N–H and O–H groups in total. The Labute approximate surface area is 402 Å². The van der Waals surface area contributed by atoms with Crippen LogP contribution in [0.2, 0.25) is 0 Å². The van der Waals surface area contributed by atoms with Crippen LogP contribution in [0.3, 0.4) is 0 Å². The first-order valence-electron chi connectivity index (χ1n) is 22.6. The molecule has 0 radical (unpaired) electrons. The van der Waals surface area contributed by atoms with Crippen LogP contribution in [0, 0.1) is 27.9 Å². The molecule has 360 valence electrons. The van der Waals surface area contributed by atoms with Crippen LogP contribution in [0.25, 0.3) is 17.0 Å². The normalized spacial score (nSPS) is 14.6. The number of nitrogens with zero attached hydrogens (tertiary/aromatic N) is 10. The number of anilines is 2. The summed E-state index contributed by atoms with van der Waals surface area (Å²) < 4.78 is 68.6. The van der Waals surface area contributed by atoms with E-state index in [1.165, 1.54) is 18.2 Å². The van der Waals surface area contributed by atoms with Crippen molar-refractivity contribution in [1.29, 1.82) is 0 Å². The lowest BCUT2D eigenvalue weighted by atomic mass is 9.96. The molecular weight excluding hydrogens is 984 g/mol. The molecule has 20 heteroatoms. The highest BCUT2D eigenvalue weighted by Crippen LogP contribution is 2.26. The van der Waals surface area contributed by atoms with Crippen LogP contribution >= 0.6 is 22.6 Å². The van der Waals surface area contributed by atoms with Crippen LogP contribution in [0.15, 0.2) is 54.6 Å². The Morgan fingerprint density at radius 1 is 0.716 bits per heavy atom. The number of ether oxygens (including phenoxy) is 4. The number of amides is 1. The lowest BCUT2D eigenvalue weighted by Crippen LogP contribution is -2.49. The molecule has 1 amide bonds. The SMILES string of the molecule is Cc1nc2ccccc2n1-c1nc(N2CCOCC2)nc(N2CCN(C(=O)CCOCCN(C)CCN(C)CCOCCOCC(=O)c3ccc(F)c(F)c3Cc3ccc(I)cc3F)CC2)n1. The average Bonchev–Trinajstić information content (AvgIpc) is 3.68. The Hall–Kier alpha value is -4.84. The summed E-state index contributed by atoms with van der Waals surface area (Å²) in [6.45, 7) is 11.2. The first-order valence-corrected chi connectivity index (χ1v) is 23.6. The summed E-state index contributed by atoms with van der Waals surface area (Å²) in [6, 6.07) is 14.5. The van der Waals surface area contributed by atoms with Gasteiger partial charge in [-0.3, -0.25) is 14.2 Å². The third-order valence-corrected chi connectivity index (χ3v) is 12.5. The Bertz CT molecular complexity index is 2450. The van der Waals surface area contributed by atoms with E-state index in [4.69, 9.17) is 38.9 Å². The van der Waals surface area contributed by atoms with Gasteiger partial charge in [-0.1, -0.05) is 18.2 Å². The first kappa shape index (κ1) is 50.0. The van der Waals surface area contributed by atoms with Crippen LogP contribution in [0.4, 0.5) is 25.1 Å². The number of hydrogen-bond acceptors (Lipinski definition) is 14. The number of benzene rings is 3. The van der Waals surface area contributed by atoms with E-state index in [1.807, 2.05) is 77.3 Å². The number of Topliss-reactive ketones (excluding diaryl/α,β-unsaturated/α-hetero) is 1. The van der Waals surface area contributed by atoms with E-state index in [2.05, 4.69) is 19.6 Å². The molecule has 2 fully saturated rings. The number of aromatic nitrogens is 5. The minimum atomic E-state index is -1.18. The molecule has 5 aromatic rings. The average molecular weight is 1040 g/mol. The summed E-state index contributed by atoms with van der Waals surface area (Å²) in [4.78, 5) is 56.0. The van der Waals surface area contributed by atoms with Gasteiger partial charge < -0.3 is 43.4 Å². The van der Waals surface area contributed by atoms with Gasteiger partial charge in [0.05, 0.1) is 63.7 Å². The summed E-state index contributed by atoms with van der Waals surface area (Å²) in [5.74, 6) is -0.832. The highest BCUT2D eigenvalue weighted by molar-refractivity contribution is 14.1. The first-order chi connectivity index (χ1) is 32.4. The zero-order valence-corrected chi connectivity index (χ0v) is 40.4. The second kappa shape index (κ2) is 24.4. The van der Waals surface area contributed by atoms with Gasteiger partial charge in [-0.2, -0.15) is 15.0 Å². The molecule has 2 aromatic heterocycles. The predicted molar refractivity (Wildman–Crippen MR) is 256 cm³/mol. The summed E-state index contributed by atoms with van der Waals surface area (Å²) >= 11 is 1.96. The zero-order chi connectivity index (χ0) is 47.3. The Balaban J connectivity index is 0.748. The van der Waals surface area contributed by atoms with Gasteiger partial charge in [0.2, 0.25) is 23.8 Å². The van der Waals surface area contributed by atoms with Crippen molar-refractivity contribution in [1.82, 2.24) is 39.2 Å². The molecule has 0 bridgehead atoms. The van der Waals surface area contributed by atoms with Crippen molar-refractivity contribution in [2.45, 2.75) is 19.8 Å². The number of likely N-dealkylation sites (N-methyl/N-ethyl adjacent to an activating group) is 2. The number of piperazine rings is 1. The number of imidazole rings is 1. The fraction of sp³-hybridized carbons (Fsp3) is 0.489. The molecule has 0 spiro atoms.